The monoisotopic (exact) mass is 500 g/mol. The Labute approximate surface area is 146 Å². The van der Waals surface area contributed by atoms with Crippen molar-refractivity contribution in [2.24, 2.45) is 0 Å². The molecule has 0 saturated heterocycles. The SMILES string of the molecule is O=S(=O)(O)C(F)(C(F)(F)F)C(F)(F)C(F)(C(F)(F)C(F)(F)F)C(F)(F)C(F)(F)F. The lowest BCUT2D eigenvalue weighted by Gasteiger charge is -2.47. The van der Waals surface area contributed by atoms with E-state index in [-0.39, 0.29) is 0 Å². The van der Waals surface area contributed by atoms with Crippen LogP contribution in [-0.4, -0.2) is 59.9 Å². The zero-order chi connectivity index (χ0) is 24.5. The van der Waals surface area contributed by atoms with Crippen molar-refractivity contribution < 1.29 is 87.6 Å². The highest BCUT2D eigenvalue weighted by atomic mass is 32.2. The molecule has 29 heavy (non-hydrogen) atoms. The van der Waals surface area contributed by atoms with Crippen LogP contribution in [0.3, 0.4) is 0 Å². The third-order valence-corrected chi connectivity index (χ3v) is 4.33. The van der Waals surface area contributed by atoms with Crippen molar-refractivity contribution in [3.63, 3.8) is 0 Å². The Balaban J connectivity index is 7.85. The molecule has 1 unspecified atom stereocenters. The Morgan fingerprint density at radius 1 is 0.448 bits per heavy atom. The Morgan fingerprint density at radius 2 is 0.690 bits per heavy atom. The number of hydrogen-bond acceptors (Lipinski definition) is 2. The Kier molecular flexibility index (Phi) is 6.08. The van der Waals surface area contributed by atoms with Gasteiger partial charge in [0.05, 0.1) is 0 Å². The van der Waals surface area contributed by atoms with Gasteiger partial charge < -0.3 is 0 Å². The average molecular weight is 500 g/mol. The lowest BCUT2D eigenvalue weighted by Crippen LogP contribution is -2.81. The summed E-state index contributed by atoms with van der Waals surface area (Å²) in [6.45, 7) is 0. The molecule has 0 amide bonds. The van der Waals surface area contributed by atoms with E-state index in [9.17, 15) is 83.1 Å². The summed E-state index contributed by atoms with van der Waals surface area (Å²) in [4.78, 5) is 0. The van der Waals surface area contributed by atoms with Crippen molar-refractivity contribution >= 4 is 10.1 Å². The van der Waals surface area contributed by atoms with Gasteiger partial charge in [-0.2, -0.15) is 74.3 Å². The Bertz CT molecular complexity index is 701. The number of halogens is 17. The fraction of sp³-hybridized carbons (Fsp3) is 1.00. The molecule has 0 aliphatic heterocycles. The summed E-state index contributed by atoms with van der Waals surface area (Å²) in [5, 5.41) is -8.54. The van der Waals surface area contributed by atoms with Gasteiger partial charge in [0.1, 0.15) is 0 Å². The van der Waals surface area contributed by atoms with Gasteiger partial charge >= 0.3 is 57.1 Å². The zero-order valence-corrected chi connectivity index (χ0v) is 12.9. The minimum absolute atomic E-state index is 7.89. The number of hydrogen-bond donors (Lipinski definition) is 1. The van der Waals surface area contributed by atoms with E-state index in [2.05, 4.69) is 0 Å². The van der Waals surface area contributed by atoms with Gasteiger partial charge in [-0.15, -0.1) is 0 Å². The van der Waals surface area contributed by atoms with Crippen LogP contribution in [0, 0.1) is 0 Å². The summed E-state index contributed by atoms with van der Waals surface area (Å²) in [6.07, 6.45) is -24.8. The first kappa shape index (κ1) is 27.7. The van der Waals surface area contributed by atoms with Crippen LogP contribution in [0.4, 0.5) is 74.6 Å². The van der Waals surface area contributed by atoms with Gasteiger partial charge in [0.2, 0.25) is 0 Å². The molecule has 0 aromatic heterocycles. The van der Waals surface area contributed by atoms with Gasteiger partial charge in [0, 0.05) is 0 Å². The molecule has 0 bridgehead atoms. The van der Waals surface area contributed by atoms with Gasteiger partial charge in [-0.05, 0) is 0 Å². The maximum absolute atomic E-state index is 13.9. The predicted octanol–water partition coefficient (Wildman–Crippen LogP) is 4.84. The molecule has 0 radical (unpaired) electrons. The normalized spacial score (nSPS) is 18.6. The lowest BCUT2D eigenvalue weighted by molar-refractivity contribution is -0.457. The van der Waals surface area contributed by atoms with Gasteiger partial charge in [-0.25, -0.2) is 8.78 Å². The minimum atomic E-state index is -9.33. The third-order valence-electron chi connectivity index (χ3n) is 3.13. The van der Waals surface area contributed by atoms with E-state index in [1.54, 1.807) is 0 Å². The molecule has 0 saturated carbocycles. The van der Waals surface area contributed by atoms with Crippen molar-refractivity contribution in [1.82, 2.24) is 0 Å². The summed E-state index contributed by atoms with van der Waals surface area (Å²) < 4.78 is 245. The quantitative estimate of drug-likeness (QED) is 0.435. The van der Waals surface area contributed by atoms with E-state index in [0.29, 0.717) is 0 Å². The number of rotatable bonds is 5. The molecular formula is C8HF17O3S. The molecule has 0 heterocycles. The average Bonchev–Trinajstić information content (AvgIpc) is 2.39. The molecule has 0 aromatic carbocycles. The molecule has 176 valence electrons. The number of alkyl halides is 17. The molecule has 0 spiro atoms. The Hall–Kier alpha value is -1.28. The van der Waals surface area contributed by atoms with E-state index in [1.807, 2.05) is 0 Å². The van der Waals surface area contributed by atoms with E-state index < -0.39 is 57.1 Å². The highest BCUT2D eigenvalue weighted by molar-refractivity contribution is 7.87. The van der Waals surface area contributed by atoms with Crippen LogP contribution in [0.2, 0.25) is 0 Å². The first-order chi connectivity index (χ1) is 12.0. The fourth-order valence-electron chi connectivity index (χ4n) is 1.69. The van der Waals surface area contributed by atoms with E-state index in [4.69, 9.17) is 4.55 Å². The summed E-state index contributed by atoms with van der Waals surface area (Å²) in [7, 11) is -8.56. The first-order valence-electron chi connectivity index (χ1n) is 5.68. The molecule has 0 fully saturated rings. The van der Waals surface area contributed by atoms with Crippen LogP contribution in [0.25, 0.3) is 0 Å². The third kappa shape index (κ3) is 3.26. The van der Waals surface area contributed by atoms with Gasteiger partial charge in [0.15, 0.2) is 0 Å². The highest BCUT2D eigenvalue weighted by Crippen LogP contribution is 2.67. The molecule has 3 nitrogen and oxygen atoms in total. The molecule has 1 N–H and O–H groups in total. The maximum atomic E-state index is 13.9. The van der Waals surface area contributed by atoms with Crippen LogP contribution >= 0.6 is 0 Å². The second kappa shape index (κ2) is 6.36. The van der Waals surface area contributed by atoms with Crippen LogP contribution < -0.4 is 0 Å². The molecule has 0 rings (SSSR count). The van der Waals surface area contributed by atoms with Crippen molar-refractivity contribution in [3.05, 3.63) is 0 Å². The fourth-order valence-corrected chi connectivity index (χ4v) is 2.45. The summed E-state index contributed by atoms with van der Waals surface area (Å²) in [5.41, 5.74) is -9.33. The van der Waals surface area contributed by atoms with Gasteiger partial charge in [0.25, 0.3) is 0 Å². The second-order valence-corrected chi connectivity index (χ2v) is 6.46. The minimum Gasteiger partial charge on any atom is -0.283 e. The van der Waals surface area contributed by atoms with Crippen LogP contribution in [0.1, 0.15) is 0 Å². The Morgan fingerprint density at radius 3 is 0.828 bits per heavy atom. The zero-order valence-electron chi connectivity index (χ0n) is 12.1. The van der Waals surface area contributed by atoms with Gasteiger partial charge in [-0.1, -0.05) is 0 Å². The molecule has 0 aliphatic carbocycles. The molecule has 0 aromatic rings. The summed E-state index contributed by atoms with van der Waals surface area (Å²) in [6, 6.07) is 0. The standard InChI is InChI=1S/C8HF17O3S/c9-1(3(12,13)6(17,18)19,4(14,15)7(20,21)22)2(10,11)5(16,8(23,24)25)29(26,27)28/h(H,26,27,28). The van der Waals surface area contributed by atoms with Gasteiger partial charge in [-0.3, -0.25) is 4.55 Å². The lowest BCUT2D eigenvalue weighted by atomic mass is 9.80. The molecule has 21 heteroatoms. The second-order valence-electron chi connectivity index (χ2n) is 4.95. The van der Waals surface area contributed by atoms with Crippen molar-refractivity contribution in [3.8, 4) is 0 Å². The van der Waals surface area contributed by atoms with Crippen LogP contribution in [-0.2, 0) is 10.1 Å². The van der Waals surface area contributed by atoms with Crippen molar-refractivity contribution in [2.45, 2.75) is 47.0 Å². The summed E-state index contributed by atoms with van der Waals surface area (Å²) >= 11 is 0. The highest BCUT2D eigenvalue weighted by Gasteiger charge is 3.00. The van der Waals surface area contributed by atoms with E-state index >= 15 is 0 Å². The maximum Gasteiger partial charge on any atom is 0.457 e. The van der Waals surface area contributed by atoms with Crippen molar-refractivity contribution in [2.75, 3.05) is 0 Å². The van der Waals surface area contributed by atoms with Crippen molar-refractivity contribution in [1.29, 1.82) is 0 Å². The van der Waals surface area contributed by atoms with E-state index in [1.165, 1.54) is 0 Å². The summed E-state index contributed by atoms with van der Waals surface area (Å²) in [5.74, 6) is -27.0. The molecule has 1 atom stereocenters. The topological polar surface area (TPSA) is 54.4 Å². The first-order valence-corrected chi connectivity index (χ1v) is 7.12. The molecular weight excluding hydrogens is 499 g/mol. The van der Waals surface area contributed by atoms with Crippen LogP contribution in [0.5, 0.6) is 0 Å². The predicted molar refractivity (Wildman–Crippen MR) is 52.2 cm³/mol. The van der Waals surface area contributed by atoms with E-state index in [0.717, 1.165) is 0 Å². The van der Waals surface area contributed by atoms with Crippen LogP contribution in [0.15, 0.2) is 0 Å². The smallest absolute Gasteiger partial charge is 0.283 e. The molecule has 0 aliphatic rings. The largest absolute Gasteiger partial charge is 0.457 e.